The summed E-state index contributed by atoms with van der Waals surface area (Å²) in [6.07, 6.45) is 11.5. The van der Waals surface area contributed by atoms with Crippen molar-refractivity contribution in [3.8, 4) is 12.3 Å². The highest BCUT2D eigenvalue weighted by Crippen LogP contribution is 2.34. The van der Waals surface area contributed by atoms with Crippen LogP contribution in [-0.2, 0) is 17.6 Å². The normalized spacial score (nSPS) is 15.0. The van der Waals surface area contributed by atoms with Crippen molar-refractivity contribution in [3.05, 3.63) is 20.8 Å². The molecule has 0 bridgehead atoms. The minimum atomic E-state index is -0.148. The fourth-order valence-electron chi connectivity index (χ4n) is 3.38. The lowest BCUT2D eigenvalue weighted by Crippen LogP contribution is -2.28. The van der Waals surface area contributed by atoms with Crippen molar-refractivity contribution < 1.29 is 4.79 Å². The summed E-state index contributed by atoms with van der Waals surface area (Å²) in [5.41, 5.74) is 1.26. The number of thioether (sulfide) groups is 1. The lowest BCUT2D eigenvalue weighted by atomic mass is 10.1. The van der Waals surface area contributed by atoms with Crippen LogP contribution in [0.2, 0.25) is 0 Å². The van der Waals surface area contributed by atoms with Gasteiger partial charge in [0, 0.05) is 10.9 Å². The molecule has 2 aromatic heterocycles. The number of carbonyl (C=O) groups is 1. The molecule has 1 aliphatic rings. The van der Waals surface area contributed by atoms with E-state index in [2.05, 4.69) is 18.2 Å². The van der Waals surface area contributed by atoms with Gasteiger partial charge in [0.2, 0.25) is 5.91 Å². The maximum atomic E-state index is 13.4. The van der Waals surface area contributed by atoms with Crippen LogP contribution in [-0.4, -0.2) is 27.8 Å². The summed E-state index contributed by atoms with van der Waals surface area (Å²) in [4.78, 5) is 32.3. The summed E-state index contributed by atoms with van der Waals surface area (Å²) in [7, 11) is 0. The van der Waals surface area contributed by atoms with Gasteiger partial charge in [0.05, 0.1) is 17.7 Å². The average molecular weight is 404 g/mol. The van der Waals surface area contributed by atoms with Crippen LogP contribution in [0.15, 0.2) is 9.95 Å². The number of thiophene rings is 1. The van der Waals surface area contributed by atoms with E-state index in [1.165, 1.54) is 35.0 Å². The van der Waals surface area contributed by atoms with Crippen LogP contribution in [0.25, 0.3) is 10.2 Å². The first-order valence-electron chi connectivity index (χ1n) is 9.46. The summed E-state index contributed by atoms with van der Waals surface area (Å²) in [6, 6.07) is 0.0343. The Morgan fingerprint density at radius 1 is 1.41 bits per heavy atom. The van der Waals surface area contributed by atoms with E-state index >= 15 is 0 Å². The summed E-state index contributed by atoms with van der Waals surface area (Å²) in [5.74, 6) is 2.44. The van der Waals surface area contributed by atoms with Crippen LogP contribution in [0.3, 0.4) is 0 Å². The fourth-order valence-corrected chi connectivity index (χ4v) is 5.61. The molecule has 1 unspecified atom stereocenters. The zero-order valence-electron chi connectivity index (χ0n) is 15.8. The van der Waals surface area contributed by atoms with Crippen LogP contribution >= 0.6 is 23.1 Å². The van der Waals surface area contributed by atoms with Gasteiger partial charge in [0.25, 0.3) is 5.56 Å². The van der Waals surface area contributed by atoms with Crippen molar-refractivity contribution in [3.63, 3.8) is 0 Å². The zero-order valence-corrected chi connectivity index (χ0v) is 17.5. The fraction of sp³-hybridized carbons (Fsp3) is 0.550. The number of nitrogens with zero attached hydrogens (tertiary/aromatic N) is 2. The molecule has 3 rings (SSSR count). The average Bonchev–Trinajstić information content (AvgIpc) is 2.85. The summed E-state index contributed by atoms with van der Waals surface area (Å²) in [6.45, 7) is 4.30. The number of aromatic nitrogens is 2. The van der Waals surface area contributed by atoms with E-state index in [0.29, 0.717) is 5.16 Å². The Hall–Kier alpha value is -1.78. The number of amides is 1. The van der Waals surface area contributed by atoms with Gasteiger partial charge in [0.1, 0.15) is 4.83 Å². The lowest BCUT2D eigenvalue weighted by Gasteiger charge is -2.17. The highest BCUT2D eigenvalue weighted by atomic mass is 32.2. The number of carbonyl (C=O) groups excluding carboxylic acids is 1. The number of fused-ring (bicyclic) bond motifs is 3. The third-order valence-corrected chi connectivity index (χ3v) is 7.13. The Morgan fingerprint density at radius 2 is 2.19 bits per heavy atom. The minimum Gasteiger partial charge on any atom is -0.344 e. The van der Waals surface area contributed by atoms with Crippen molar-refractivity contribution in [1.82, 2.24) is 14.9 Å². The summed E-state index contributed by atoms with van der Waals surface area (Å²) in [5, 5.41) is 4.08. The third kappa shape index (κ3) is 4.22. The molecule has 0 radical (unpaired) electrons. The second-order valence-electron chi connectivity index (χ2n) is 6.84. The number of aryl methyl sites for hydroxylation is 2. The first-order valence-corrected chi connectivity index (χ1v) is 11.3. The molecule has 7 heteroatoms. The van der Waals surface area contributed by atoms with E-state index < -0.39 is 0 Å². The number of terminal acetylenes is 1. The van der Waals surface area contributed by atoms with Gasteiger partial charge >= 0.3 is 0 Å². The Morgan fingerprint density at radius 3 is 2.93 bits per heavy atom. The van der Waals surface area contributed by atoms with E-state index in [1.807, 2.05) is 6.92 Å². The molecule has 0 saturated heterocycles. The molecule has 0 spiro atoms. The van der Waals surface area contributed by atoms with Crippen molar-refractivity contribution in [1.29, 1.82) is 0 Å². The highest BCUT2D eigenvalue weighted by molar-refractivity contribution is 7.99. The Kier molecular flexibility index (Phi) is 6.61. The quantitative estimate of drug-likeness (QED) is 0.347. The van der Waals surface area contributed by atoms with E-state index in [-0.39, 0.29) is 29.8 Å². The van der Waals surface area contributed by atoms with Crippen molar-refractivity contribution in [2.24, 2.45) is 0 Å². The van der Waals surface area contributed by atoms with Gasteiger partial charge in [-0.05, 0) is 44.6 Å². The van der Waals surface area contributed by atoms with Gasteiger partial charge in [-0.3, -0.25) is 14.2 Å². The maximum absolute atomic E-state index is 13.4. The molecule has 0 saturated carbocycles. The van der Waals surface area contributed by atoms with Crippen molar-refractivity contribution in [2.75, 3.05) is 12.3 Å². The Labute approximate surface area is 168 Å². The van der Waals surface area contributed by atoms with Crippen molar-refractivity contribution >= 4 is 39.2 Å². The summed E-state index contributed by atoms with van der Waals surface area (Å²) < 4.78 is 1.78. The van der Waals surface area contributed by atoms with E-state index in [9.17, 15) is 9.59 Å². The highest BCUT2D eigenvalue weighted by Gasteiger charge is 2.23. The number of nitrogens with one attached hydrogen (secondary N) is 1. The number of hydrogen-bond acceptors (Lipinski definition) is 5. The monoisotopic (exact) mass is 403 g/mol. The SMILES string of the molecule is C#CCNC(=O)CSc1nc2sc3c(c2c(=O)n1C(C)CC)CCCCC3. The predicted molar refractivity (Wildman–Crippen MR) is 113 cm³/mol. The smallest absolute Gasteiger partial charge is 0.263 e. The Bertz CT molecular complexity index is 939. The lowest BCUT2D eigenvalue weighted by molar-refractivity contribution is -0.118. The minimum absolute atomic E-state index is 0.0343. The van der Waals surface area contributed by atoms with Crippen LogP contribution < -0.4 is 10.9 Å². The first-order chi connectivity index (χ1) is 13.1. The molecular weight excluding hydrogens is 378 g/mol. The zero-order chi connectivity index (χ0) is 19.4. The first kappa shape index (κ1) is 20.0. The molecule has 0 aromatic carbocycles. The number of hydrogen-bond donors (Lipinski definition) is 1. The topological polar surface area (TPSA) is 64.0 Å². The van der Waals surface area contributed by atoms with Crippen LogP contribution in [0.4, 0.5) is 0 Å². The molecule has 2 aromatic rings. The second kappa shape index (κ2) is 8.94. The van der Waals surface area contributed by atoms with Gasteiger partial charge in [-0.25, -0.2) is 4.98 Å². The Balaban J connectivity index is 2.03. The number of rotatable bonds is 6. The summed E-state index contributed by atoms with van der Waals surface area (Å²) >= 11 is 2.96. The molecule has 5 nitrogen and oxygen atoms in total. The van der Waals surface area contributed by atoms with Gasteiger partial charge in [-0.1, -0.05) is 31.0 Å². The molecule has 1 aliphatic carbocycles. The molecule has 1 atom stereocenters. The third-order valence-electron chi connectivity index (χ3n) is 4.99. The molecular formula is C20H25N3O2S2. The van der Waals surface area contributed by atoms with Crippen LogP contribution in [0, 0.1) is 12.3 Å². The molecule has 0 aliphatic heterocycles. The van der Waals surface area contributed by atoms with Gasteiger partial charge in [0.15, 0.2) is 5.16 Å². The maximum Gasteiger partial charge on any atom is 0.263 e. The van der Waals surface area contributed by atoms with E-state index in [4.69, 9.17) is 11.4 Å². The second-order valence-corrected chi connectivity index (χ2v) is 8.87. The van der Waals surface area contributed by atoms with Gasteiger partial charge in [-0.2, -0.15) is 0 Å². The molecule has 0 fully saturated rings. The largest absolute Gasteiger partial charge is 0.344 e. The molecule has 27 heavy (non-hydrogen) atoms. The van der Waals surface area contributed by atoms with E-state index in [1.54, 1.807) is 15.9 Å². The molecule has 2 heterocycles. The standard InChI is InChI=1S/C20H25N3O2S2/c1-4-11-21-16(24)12-26-20-22-18-17(19(25)23(20)13(3)5-2)14-9-7-6-8-10-15(14)27-18/h1,13H,5-12H2,2-3H3,(H,21,24). The van der Waals surface area contributed by atoms with Crippen molar-refractivity contribution in [2.45, 2.75) is 63.6 Å². The van der Waals surface area contributed by atoms with E-state index in [0.717, 1.165) is 35.9 Å². The van der Waals surface area contributed by atoms with Crippen LogP contribution in [0.1, 0.15) is 56.0 Å². The predicted octanol–water partition coefficient (Wildman–Crippen LogP) is 3.54. The molecule has 1 amide bonds. The van der Waals surface area contributed by atoms with Gasteiger partial charge in [-0.15, -0.1) is 17.8 Å². The molecule has 144 valence electrons. The van der Waals surface area contributed by atoms with Crippen LogP contribution in [0.5, 0.6) is 0 Å². The molecule has 1 N–H and O–H groups in total. The van der Waals surface area contributed by atoms with Gasteiger partial charge < -0.3 is 5.32 Å².